The number of carbonyl (C=O) groups excluding carboxylic acids is 1. The zero-order valence-electron chi connectivity index (χ0n) is 11.8. The SMILES string of the molecule is O=C(Nc1cccnc1)c1cccc(Oc2ccccc2)c1. The number of carbonyl (C=O) groups is 1. The zero-order valence-corrected chi connectivity index (χ0v) is 11.8. The van der Waals surface area contributed by atoms with Crippen LogP contribution in [0.3, 0.4) is 0 Å². The van der Waals surface area contributed by atoms with Crippen LogP contribution in [0.25, 0.3) is 0 Å². The number of ether oxygens (including phenoxy) is 1. The molecule has 4 heteroatoms. The van der Waals surface area contributed by atoms with E-state index in [1.54, 1.807) is 42.7 Å². The number of nitrogens with one attached hydrogen (secondary N) is 1. The smallest absolute Gasteiger partial charge is 0.255 e. The number of aromatic nitrogens is 1. The van der Waals surface area contributed by atoms with Gasteiger partial charge in [-0.25, -0.2) is 0 Å². The molecule has 0 spiro atoms. The second-order valence-corrected chi connectivity index (χ2v) is 4.64. The fraction of sp³-hybridized carbons (Fsp3) is 0. The first-order chi connectivity index (χ1) is 10.8. The second-order valence-electron chi connectivity index (χ2n) is 4.64. The Labute approximate surface area is 128 Å². The Balaban J connectivity index is 1.75. The maximum atomic E-state index is 12.2. The Bertz CT molecular complexity index is 758. The van der Waals surface area contributed by atoms with Crippen LogP contribution in [0.2, 0.25) is 0 Å². The molecule has 0 radical (unpaired) electrons. The maximum absolute atomic E-state index is 12.2. The van der Waals surface area contributed by atoms with Gasteiger partial charge in [0.2, 0.25) is 0 Å². The number of pyridine rings is 1. The number of benzene rings is 2. The molecule has 0 saturated carbocycles. The van der Waals surface area contributed by atoms with Gasteiger partial charge in [0.05, 0.1) is 11.9 Å². The van der Waals surface area contributed by atoms with E-state index >= 15 is 0 Å². The third-order valence-electron chi connectivity index (χ3n) is 2.99. The second kappa shape index (κ2) is 6.54. The number of anilines is 1. The van der Waals surface area contributed by atoms with Gasteiger partial charge in [0.1, 0.15) is 11.5 Å². The van der Waals surface area contributed by atoms with Crippen LogP contribution in [0, 0.1) is 0 Å². The average Bonchev–Trinajstić information content (AvgIpc) is 2.57. The Hall–Kier alpha value is -3.14. The molecule has 3 rings (SSSR count). The summed E-state index contributed by atoms with van der Waals surface area (Å²) in [6.07, 6.45) is 3.26. The molecule has 2 aromatic carbocycles. The van der Waals surface area contributed by atoms with Crippen LogP contribution in [0.5, 0.6) is 11.5 Å². The van der Waals surface area contributed by atoms with Crippen molar-refractivity contribution < 1.29 is 9.53 Å². The first-order valence-electron chi connectivity index (χ1n) is 6.85. The minimum Gasteiger partial charge on any atom is -0.457 e. The number of nitrogens with zero attached hydrogens (tertiary/aromatic N) is 1. The van der Waals surface area contributed by atoms with E-state index in [2.05, 4.69) is 10.3 Å². The standard InChI is InChI=1S/C18H14N2O2/c21-18(20-15-7-5-11-19-13-15)14-6-4-10-17(12-14)22-16-8-2-1-3-9-16/h1-13H,(H,20,21). The third-order valence-corrected chi connectivity index (χ3v) is 2.99. The highest BCUT2D eigenvalue weighted by atomic mass is 16.5. The molecule has 0 fully saturated rings. The molecular weight excluding hydrogens is 276 g/mol. The lowest BCUT2D eigenvalue weighted by molar-refractivity contribution is 0.102. The van der Waals surface area contributed by atoms with Gasteiger partial charge in [0, 0.05) is 11.8 Å². The van der Waals surface area contributed by atoms with Gasteiger partial charge in [-0.2, -0.15) is 0 Å². The minimum absolute atomic E-state index is 0.202. The van der Waals surface area contributed by atoms with Gasteiger partial charge in [-0.3, -0.25) is 9.78 Å². The van der Waals surface area contributed by atoms with Crippen LogP contribution in [0.1, 0.15) is 10.4 Å². The van der Waals surface area contributed by atoms with Crippen molar-refractivity contribution in [2.24, 2.45) is 0 Å². The molecule has 0 aliphatic heterocycles. The van der Waals surface area contributed by atoms with Crippen molar-refractivity contribution in [1.29, 1.82) is 0 Å². The number of para-hydroxylation sites is 1. The lowest BCUT2D eigenvalue weighted by Crippen LogP contribution is -2.11. The first kappa shape index (κ1) is 13.8. The Morgan fingerprint density at radius 3 is 2.50 bits per heavy atom. The quantitative estimate of drug-likeness (QED) is 0.786. The fourth-order valence-corrected chi connectivity index (χ4v) is 1.97. The Morgan fingerprint density at radius 1 is 0.909 bits per heavy atom. The Kier molecular flexibility index (Phi) is 4.11. The molecule has 4 nitrogen and oxygen atoms in total. The highest BCUT2D eigenvalue weighted by Gasteiger charge is 2.07. The molecule has 1 N–H and O–H groups in total. The van der Waals surface area contributed by atoms with Crippen molar-refractivity contribution in [3.8, 4) is 11.5 Å². The number of amides is 1. The molecule has 1 aromatic heterocycles. The third kappa shape index (κ3) is 3.49. The number of hydrogen-bond donors (Lipinski definition) is 1. The fourth-order valence-electron chi connectivity index (χ4n) is 1.97. The lowest BCUT2D eigenvalue weighted by Gasteiger charge is -2.08. The van der Waals surface area contributed by atoms with E-state index in [0.29, 0.717) is 17.0 Å². The molecule has 0 aliphatic carbocycles. The molecule has 1 heterocycles. The van der Waals surface area contributed by atoms with E-state index in [1.165, 1.54) is 0 Å². The summed E-state index contributed by atoms with van der Waals surface area (Å²) in [4.78, 5) is 16.2. The van der Waals surface area contributed by atoms with Crippen molar-refractivity contribution in [3.63, 3.8) is 0 Å². The van der Waals surface area contributed by atoms with E-state index in [4.69, 9.17) is 4.74 Å². The van der Waals surface area contributed by atoms with Crippen molar-refractivity contribution in [2.75, 3.05) is 5.32 Å². The number of hydrogen-bond acceptors (Lipinski definition) is 3. The summed E-state index contributed by atoms with van der Waals surface area (Å²) in [6.45, 7) is 0. The van der Waals surface area contributed by atoms with E-state index in [0.717, 1.165) is 5.75 Å². The summed E-state index contributed by atoms with van der Waals surface area (Å²) >= 11 is 0. The average molecular weight is 290 g/mol. The van der Waals surface area contributed by atoms with Gasteiger partial charge in [0.25, 0.3) is 5.91 Å². The predicted octanol–water partition coefficient (Wildman–Crippen LogP) is 4.13. The Morgan fingerprint density at radius 2 is 1.73 bits per heavy atom. The van der Waals surface area contributed by atoms with Gasteiger partial charge in [-0.1, -0.05) is 24.3 Å². The summed E-state index contributed by atoms with van der Waals surface area (Å²) in [6, 6.07) is 20.0. The van der Waals surface area contributed by atoms with Crippen LogP contribution >= 0.6 is 0 Å². The number of rotatable bonds is 4. The van der Waals surface area contributed by atoms with E-state index in [9.17, 15) is 4.79 Å². The predicted molar refractivity (Wildman–Crippen MR) is 85.1 cm³/mol. The molecule has 0 unspecified atom stereocenters. The van der Waals surface area contributed by atoms with Gasteiger partial charge in [-0.05, 0) is 42.5 Å². The highest BCUT2D eigenvalue weighted by Crippen LogP contribution is 2.22. The molecule has 0 atom stereocenters. The lowest BCUT2D eigenvalue weighted by atomic mass is 10.2. The van der Waals surface area contributed by atoms with E-state index in [1.807, 2.05) is 36.4 Å². The van der Waals surface area contributed by atoms with Crippen molar-refractivity contribution in [2.45, 2.75) is 0 Å². The minimum atomic E-state index is -0.202. The monoisotopic (exact) mass is 290 g/mol. The topological polar surface area (TPSA) is 51.2 Å². The van der Waals surface area contributed by atoms with Crippen LogP contribution in [0.4, 0.5) is 5.69 Å². The largest absolute Gasteiger partial charge is 0.457 e. The van der Waals surface area contributed by atoms with Crippen LogP contribution in [-0.4, -0.2) is 10.9 Å². The molecule has 22 heavy (non-hydrogen) atoms. The summed E-state index contributed by atoms with van der Waals surface area (Å²) in [5.74, 6) is 1.14. The van der Waals surface area contributed by atoms with E-state index in [-0.39, 0.29) is 5.91 Å². The normalized spacial score (nSPS) is 10.0. The molecule has 0 saturated heterocycles. The molecule has 0 aliphatic rings. The summed E-state index contributed by atoms with van der Waals surface area (Å²) in [5, 5.41) is 2.79. The van der Waals surface area contributed by atoms with E-state index < -0.39 is 0 Å². The van der Waals surface area contributed by atoms with Gasteiger partial charge >= 0.3 is 0 Å². The first-order valence-corrected chi connectivity index (χ1v) is 6.85. The summed E-state index contributed by atoms with van der Waals surface area (Å²) in [7, 11) is 0. The molecule has 108 valence electrons. The van der Waals surface area contributed by atoms with Crippen LogP contribution in [-0.2, 0) is 0 Å². The van der Waals surface area contributed by atoms with Gasteiger partial charge in [0.15, 0.2) is 0 Å². The molecule has 3 aromatic rings. The zero-order chi connectivity index (χ0) is 15.2. The molecular formula is C18H14N2O2. The van der Waals surface area contributed by atoms with Crippen molar-refractivity contribution >= 4 is 11.6 Å². The highest BCUT2D eigenvalue weighted by molar-refractivity contribution is 6.04. The molecule has 0 bridgehead atoms. The molecule has 1 amide bonds. The summed E-state index contributed by atoms with van der Waals surface area (Å²) < 4.78 is 5.73. The van der Waals surface area contributed by atoms with Crippen LogP contribution in [0.15, 0.2) is 79.1 Å². The van der Waals surface area contributed by atoms with Crippen molar-refractivity contribution in [3.05, 3.63) is 84.7 Å². The van der Waals surface area contributed by atoms with Crippen molar-refractivity contribution in [1.82, 2.24) is 4.98 Å². The van der Waals surface area contributed by atoms with Gasteiger partial charge < -0.3 is 10.1 Å². The summed E-state index contributed by atoms with van der Waals surface area (Å²) in [5.41, 5.74) is 1.18. The van der Waals surface area contributed by atoms with Crippen LogP contribution < -0.4 is 10.1 Å². The van der Waals surface area contributed by atoms with Gasteiger partial charge in [-0.15, -0.1) is 0 Å². The maximum Gasteiger partial charge on any atom is 0.255 e.